The summed E-state index contributed by atoms with van der Waals surface area (Å²) in [5.41, 5.74) is 5.86. The molecule has 3 N–H and O–H groups in total. The fourth-order valence-electron chi connectivity index (χ4n) is 1.07. The van der Waals surface area contributed by atoms with E-state index < -0.39 is 5.97 Å². The third-order valence-electron chi connectivity index (χ3n) is 1.66. The molecule has 0 aliphatic heterocycles. The standard InChI is InChI=1S/C7H11N3O3/c1-10-6(8)5(7(11)12)4(9-10)3-13-2/h3,8H2,1-2H3,(H,11,12). The number of aromatic nitrogens is 2. The number of aryl methyl sites for hydroxylation is 1. The molecular formula is C7H11N3O3. The molecule has 0 spiro atoms. The van der Waals surface area contributed by atoms with Crippen LogP contribution in [0.2, 0.25) is 0 Å². The Labute approximate surface area is 74.9 Å². The van der Waals surface area contributed by atoms with Crippen LogP contribution in [0.5, 0.6) is 0 Å². The highest BCUT2D eigenvalue weighted by Gasteiger charge is 2.19. The molecule has 1 aromatic rings. The zero-order valence-electron chi connectivity index (χ0n) is 7.44. The van der Waals surface area contributed by atoms with E-state index in [1.54, 1.807) is 7.05 Å². The van der Waals surface area contributed by atoms with Gasteiger partial charge in [-0.3, -0.25) is 4.68 Å². The minimum atomic E-state index is -1.09. The van der Waals surface area contributed by atoms with Crippen molar-refractivity contribution in [2.75, 3.05) is 12.8 Å². The van der Waals surface area contributed by atoms with Gasteiger partial charge < -0.3 is 15.6 Å². The molecule has 0 saturated carbocycles. The lowest BCUT2D eigenvalue weighted by atomic mass is 10.2. The van der Waals surface area contributed by atoms with E-state index in [0.29, 0.717) is 5.69 Å². The Morgan fingerprint density at radius 1 is 1.77 bits per heavy atom. The summed E-state index contributed by atoms with van der Waals surface area (Å²) in [5.74, 6) is -0.947. The first-order valence-electron chi connectivity index (χ1n) is 3.61. The van der Waals surface area contributed by atoms with E-state index in [0.717, 1.165) is 0 Å². The van der Waals surface area contributed by atoms with Crippen molar-refractivity contribution >= 4 is 11.8 Å². The quantitative estimate of drug-likeness (QED) is 0.683. The monoisotopic (exact) mass is 185 g/mol. The highest BCUT2D eigenvalue weighted by atomic mass is 16.5. The van der Waals surface area contributed by atoms with Gasteiger partial charge in [-0.2, -0.15) is 5.10 Å². The number of nitrogen functional groups attached to an aromatic ring is 1. The maximum Gasteiger partial charge on any atom is 0.341 e. The Kier molecular flexibility index (Phi) is 2.52. The van der Waals surface area contributed by atoms with Crippen LogP contribution in [0, 0.1) is 0 Å². The lowest BCUT2D eigenvalue weighted by Gasteiger charge is -1.95. The van der Waals surface area contributed by atoms with Crippen LogP contribution in [0.15, 0.2) is 0 Å². The van der Waals surface area contributed by atoms with E-state index in [1.807, 2.05) is 0 Å². The summed E-state index contributed by atoms with van der Waals surface area (Å²) in [6, 6.07) is 0. The summed E-state index contributed by atoms with van der Waals surface area (Å²) in [6.45, 7) is 0.146. The van der Waals surface area contributed by atoms with Gasteiger partial charge in [-0.15, -0.1) is 0 Å². The SMILES string of the molecule is COCc1nn(C)c(N)c1C(=O)O. The van der Waals surface area contributed by atoms with Crippen molar-refractivity contribution in [1.29, 1.82) is 0 Å². The Morgan fingerprint density at radius 2 is 2.38 bits per heavy atom. The predicted molar refractivity (Wildman–Crippen MR) is 45.3 cm³/mol. The third kappa shape index (κ3) is 1.62. The minimum Gasteiger partial charge on any atom is -0.477 e. The molecule has 0 aromatic carbocycles. The first-order chi connectivity index (χ1) is 6.07. The number of carbonyl (C=O) groups is 1. The highest BCUT2D eigenvalue weighted by molar-refractivity contribution is 5.94. The predicted octanol–water partition coefficient (Wildman–Crippen LogP) is -0.153. The normalized spacial score (nSPS) is 10.3. The Bertz CT molecular complexity index is 332. The lowest BCUT2D eigenvalue weighted by Crippen LogP contribution is -2.05. The zero-order chi connectivity index (χ0) is 10.0. The van der Waals surface area contributed by atoms with Crippen LogP contribution in [0.25, 0.3) is 0 Å². The molecule has 0 saturated heterocycles. The van der Waals surface area contributed by atoms with Gasteiger partial charge >= 0.3 is 5.97 Å². The first kappa shape index (κ1) is 9.53. The molecule has 72 valence electrons. The number of nitrogens with two attached hydrogens (primary N) is 1. The van der Waals surface area contributed by atoms with Crippen molar-refractivity contribution in [3.63, 3.8) is 0 Å². The van der Waals surface area contributed by atoms with Crippen molar-refractivity contribution < 1.29 is 14.6 Å². The van der Waals surface area contributed by atoms with Gasteiger partial charge in [-0.1, -0.05) is 0 Å². The molecule has 1 aromatic heterocycles. The van der Waals surface area contributed by atoms with Crippen LogP contribution in [0.1, 0.15) is 16.1 Å². The van der Waals surface area contributed by atoms with E-state index >= 15 is 0 Å². The summed E-state index contributed by atoms with van der Waals surface area (Å²) in [7, 11) is 3.05. The number of carboxylic acid groups (broad SMARTS) is 1. The fourth-order valence-corrected chi connectivity index (χ4v) is 1.07. The molecule has 0 radical (unpaired) electrons. The molecule has 1 heterocycles. The fraction of sp³-hybridized carbons (Fsp3) is 0.429. The number of ether oxygens (including phenoxy) is 1. The summed E-state index contributed by atoms with van der Waals surface area (Å²) in [4.78, 5) is 10.7. The zero-order valence-corrected chi connectivity index (χ0v) is 7.44. The Balaban J connectivity index is 3.18. The number of aromatic carboxylic acids is 1. The largest absolute Gasteiger partial charge is 0.477 e. The number of hydrogen-bond acceptors (Lipinski definition) is 4. The van der Waals surface area contributed by atoms with Crippen LogP contribution in [-0.2, 0) is 18.4 Å². The van der Waals surface area contributed by atoms with E-state index in [9.17, 15) is 4.79 Å². The smallest absolute Gasteiger partial charge is 0.341 e. The van der Waals surface area contributed by atoms with Crippen molar-refractivity contribution in [3.05, 3.63) is 11.3 Å². The molecular weight excluding hydrogens is 174 g/mol. The van der Waals surface area contributed by atoms with E-state index in [1.165, 1.54) is 11.8 Å². The van der Waals surface area contributed by atoms with Crippen molar-refractivity contribution in [2.45, 2.75) is 6.61 Å². The van der Waals surface area contributed by atoms with E-state index in [-0.39, 0.29) is 18.0 Å². The van der Waals surface area contributed by atoms with Crippen LogP contribution < -0.4 is 5.73 Å². The van der Waals surface area contributed by atoms with Crippen molar-refractivity contribution in [2.24, 2.45) is 7.05 Å². The van der Waals surface area contributed by atoms with E-state index in [2.05, 4.69) is 5.10 Å². The van der Waals surface area contributed by atoms with Crippen molar-refractivity contribution in [3.8, 4) is 0 Å². The molecule has 0 unspecified atom stereocenters. The number of rotatable bonds is 3. The van der Waals surface area contributed by atoms with Crippen LogP contribution in [0.4, 0.5) is 5.82 Å². The number of anilines is 1. The van der Waals surface area contributed by atoms with E-state index in [4.69, 9.17) is 15.6 Å². The van der Waals surface area contributed by atoms with Gasteiger partial charge in [0.2, 0.25) is 0 Å². The molecule has 1 rings (SSSR count). The third-order valence-corrected chi connectivity index (χ3v) is 1.66. The van der Waals surface area contributed by atoms with Gasteiger partial charge in [0.25, 0.3) is 0 Å². The molecule has 6 nitrogen and oxygen atoms in total. The molecule has 0 fully saturated rings. The minimum absolute atomic E-state index is 0.0179. The average Bonchev–Trinajstić information content (AvgIpc) is 2.28. The van der Waals surface area contributed by atoms with Gasteiger partial charge in [0.05, 0.1) is 6.61 Å². The Morgan fingerprint density at radius 3 is 2.85 bits per heavy atom. The van der Waals surface area contributed by atoms with Crippen LogP contribution in [-0.4, -0.2) is 28.0 Å². The van der Waals surface area contributed by atoms with Gasteiger partial charge in [0.15, 0.2) is 0 Å². The summed E-state index contributed by atoms with van der Waals surface area (Å²) in [6.07, 6.45) is 0. The van der Waals surface area contributed by atoms with Crippen molar-refractivity contribution in [1.82, 2.24) is 9.78 Å². The molecule has 0 aliphatic rings. The number of methoxy groups -OCH3 is 1. The van der Waals surface area contributed by atoms with Gasteiger partial charge in [-0.25, -0.2) is 4.79 Å². The first-order valence-corrected chi connectivity index (χ1v) is 3.61. The lowest BCUT2D eigenvalue weighted by molar-refractivity contribution is 0.0693. The van der Waals surface area contributed by atoms with Crippen LogP contribution in [0.3, 0.4) is 0 Å². The molecule has 0 atom stereocenters. The maximum absolute atomic E-state index is 10.7. The average molecular weight is 185 g/mol. The highest BCUT2D eigenvalue weighted by Crippen LogP contribution is 2.16. The molecule has 0 amide bonds. The molecule has 0 aliphatic carbocycles. The second kappa shape index (κ2) is 3.44. The number of carboxylic acids is 1. The summed E-state index contributed by atoms with van der Waals surface area (Å²) in [5, 5.41) is 12.7. The number of hydrogen-bond donors (Lipinski definition) is 2. The molecule has 6 heteroatoms. The van der Waals surface area contributed by atoms with Gasteiger partial charge in [0.1, 0.15) is 17.1 Å². The second-order valence-corrected chi connectivity index (χ2v) is 2.57. The Hall–Kier alpha value is -1.56. The maximum atomic E-state index is 10.7. The summed E-state index contributed by atoms with van der Waals surface area (Å²) >= 11 is 0. The number of nitrogens with zero attached hydrogens (tertiary/aromatic N) is 2. The van der Waals surface area contributed by atoms with Gasteiger partial charge in [0, 0.05) is 14.2 Å². The van der Waals surface area contributed by atoms with Gasteiger partial charge in [-0.05, 0) is 0 Å². The molecule has 13 heavy (non-hydrogen) atoms. The molecule has 0 bridgehead atoms. The topological polar surface area (TPSA) is 90.4 Å². The summed E-state index contributed by atoms with van der Waals surface area (Å²) < 4.78 is 6.11. The second-order valence-electron chi connectivity index (χ2n) is 2.57. The van der Waals surface area contributed by atoms with Crippen LogP contribution >= 0.6 is 0 Å².